The van der Waals surface area contributed by atoms with Crippen molar-refractivity contribution in [2.45, 2.75) is 52.9 Å². The first kappa shape index (κ1) is 11.5. The largest absolute Gasteiger partial charge is 0.387 e. The van der Waals surface area contributed by atoms with Gasteiger partial charge in [-0.15, -0.1) is 0 Å². The molecular weight excluding hydrogens is 172 g/mol. The second kappa shape index (κ2) is 4.33. The van der Waals surface area contributed by atoms with Crippen molar-refractivity contribution < 1.29 is 0 Å². The quantitative estimate of drug-likeness (QED) is 0.517. The van der Waals surface area contributed by atoms with Gasteiger partial charge in [-0.3, -0.25) is 5.41 Å². The summed E-state index contributed by atoms with van der Waals surface area (Å²) in [7, 11) is 0. The van der Waals surface area contributed by atoms with Gasteiger partial charge in [0, 0.05) is 5.92 Å². The van der Waals surface area contributed by atoms with Crippen LogP contribution in [0.3, 0.4) is 0 Å². The van der Waals surface area contributed by atoms with E-state index in [9.17, 15) is 0 Å². The zero-order chi connectivity index (χ0) is 10.8. The molecule has 1 aliphatic rings. The molecule has 82 valence electrons. The molecule has 0 spiro atoms. The molecule has 0 unspecified atom stereocenters. The van der Waals surface area contributed by atoms with Crippen LogP contribution in [0.25, 0.3) is 0 Å². The fraction of sp³-hybridized carbons (Fsp3) is 0.917. The maximum absolute atomic E-state index is 7.41. The van der Waals surface area contributed by atoms with E-state index < -0.39 is 0 Å². The van der Waals surface area contributed by atoms with Gasteiger partial charge in [-0.05, 0) is 43.4 Å². The van der Waals surface area contributed by atoms with Crippen molar-refractivity contribution in [1.82, 2.24) is 0 Å². The number of hydrogen-bond acceptors (Lipinski definition) is 1. The Balaban J connectivity index is 2.33. The first-order valence-corrected chi connectivity index (χ1v) is 5.72. The van der Waals surface area contributed by atoms with Crippen molar-refractivity contribution >= 4 is 5.84 Å². The Morgan fingerprint density at radius 1 is 1.21 bits per heavy atom. The highest BCUT2D eigenvalue weighted by Gasteiger charge is 2.25. The summed E-state index contributed by atoms with van der Waals surface area (Å²) in [4.78, 5) is 0. The van der Waals surface area contributed by atoms with Crippen molar-refractivity contribution in [3.05, 3.63) is 0 Å². The maximum atomic E-state index is 7.41. The Labute approximate surface area is 87.8 Å². The first-order valence-electron chi connectivity index (χ1n) is 5.72. The van der Waals surface area contributed by atoms with Crippen LogP contribution in [0.5, 0.6) is 0 Å². The molecular formula is C12H24N2. The van der Waals surface area contributed by atoms with Crippen LogP contribution in [0.4, 0.5) is 0 Å². The lowest BCUT2D eigenvalue weighted by molar-refractivity contribution is 0.225. The van der Waals surface area contributed by atoms with Gasteiger partial charge < -0.3 is 5.73 Å². The van der Waals surface area contributed by atoms with E-state index >= 15 is 0 Å². The maximum Gasteiger partial charge on any atom is 0.0936 e. The average molecular weight is 196 g/mol. The highest BCUT2D eigenvalue weighted by atomic mass is 14.7. The van der Waals surface area contributed by atoms with Gasteiger partial charge in [0.25, 0.3) is 0 Å². The number of nitrogens with two attached hydrogens (primary N) is 1. The summed E-state index contributed by atoms with van der Waals surface area (Å²) in [5, 5.41) is 7.41. The fourth-order valence-electron chi connectivity index (χ4n) is 2.54. The van der Waals surface area contributed by atoms with Gasteiger partial charge >= 0.3 is 0 Å². The third-order valence-electron chi connectivity index (χ3n) is 3.19. The number of nitrogens with one attached hydrogen (secondary N) is 1. The zero-order valence-corrected chi connectivity index (χ0v) is 9.77. The molecule has 0 aromatic rings. The van der Waals surface area contributed by atoms with Crippen molar-refractivity contribution in [1.29, 1.82) is 5.41 Å². The van der Waals surface area contributed by atoms with Crippen LogP contribution in [0, 0.1) is 22.7 Å². The minimum absolute atomic E-state index is 0.381. The van der Waals surface area contributed by atoms with Gasteiger partial charge in [0.2, 0.25) is 0 Å². The van der Waals surface area contributed by atoms with Crippen LogP contribution in [-0.4, -0.2) is 5.84 Å². The van der Waals surface area contributed by atoms with Crippen molar-refractivity contribution in [3.63, 3.8) is 0 Å². The molecule has 1 aliphatic carbocycles. The molecule has 1 fully saturated rings. The SMILES string of the molecule is CC(C)(C)CC1CCC(C(=N)N)CC1. The summed E-state index contributed by atoms with van der Waals surface area (Å²) in [6.45, 7) is 6.93. The molecule has 1 saturated carbocycles. The van der Waals surface area contributed by atoms with Crippen molar-refractivity contribution in [3.8, 4) is 0 Å². The predicted octanol–water partition coefficient (Wildman–Crippen LogP) is 3.16. The van der Waals surface area contributed by atoms with E-state index in [1.165, 1.54) is 19.3 Å². The molecule has 3 N–H and O–H groups in total. The molecule has 0 aliphatic heterocycles. The van der Waals surface area contributed by atoms with E-state index in [4.69, 9.17) is 11.1 Å². The van der Waals surface area contributed by atoms with Crippen molar-refractivity contribution in [2.75, 3.05) is 0 Å². The van der Waals surface area contributed by atoms with Crippen LogP contribution in [0.2, 0.25) is 0 Å². The van der Waals surface area contributed by atoms with Crippen LogP contribution in [-0.2, 0) is 0 Å². The molecule has 0 saturated heterocycles. The van der Waals surface area contributed by atoms with E-state index in [0.717, 1.165) is 18.8 Å². The minimum atomic E-state index is 0.381. The summed E-state index contributed by atoms with van der Waals surface area (Å²) in [5.74, 6) is 1.65. The summed E-state index contributed by atoms with van der Waals surface area (Å²) < 4.78 is 0. The average Bonchev–Trinajstić information content (AvgIpc) is 2.02. The lowest BCUT2D eigenvalue weighted by Crippen LogP contribution is -2.28. The lowest BCUT2D eigenvalue weighted by Gasteiger charge is -2.32. The fourth-order valence-corrected chi connectivity index (χ4v) is 2.54. The Morgan fingerprint density at radius 2 is 1.71 bits per heavy atom. The third-order valence-corrected chi connectivity index (χ3v) is 3.19. The van der Waals surface area contributed by atoms with Gasteiger partial charge in [-0.2, -0.15) is 0 Å². The Kier molecular flexibility index (Phi) is 3.57. The molecule has 14 heavy (non-hydrogen) atoms. The monoisotopic (exact) mass is 196 g/mol. The molecule has 0 heterocycles. The summed E-state index contributed by atoms with van der Waals surface area (Å²) in [6, 6.07) is 0. The van der Waals surface area contributed by atoms with E-state index in [-0.39, 0.29) is 0 Å². The second-order valence-electron chi connectivity index (χ2n) is 5.94. The molecule has 0 aromatic heterocycles. The molecule has 2 nitrogen and oxygen atoms in total. The first-order chi connectivity index (χ1) is 6.38. The van der Waals surface area contributed by atoms with Gasteiger partial charge in [-0.1, -0.05) is 20.8 Å². The van der Waals surface area contributed by atoms with E-state index in [1.807, 2.05) is 0 Å². The highest BCUT2D eigenvalue weighted by Crippen LogP contribution is 2.36. The summed E-state index contributed by atoms with van der Waals surface area (Å²) >= 11 is 0. The highest BCUT2D eigenvalue weighted by molar-refractivity contribution is 5.79. The molecule has 0 aromatic carbocycles. The third kappa shape index (κ3) is 3.69. The normalized spacial score (nSPS) is 28.8. The Bertz CT molecular complexity index is 195. The molecule has 2 heteroatoms. The lowest BCUT2D eigenvalue weighted by atomic mass is 9.74. The van der Waals surface area contributed by atoms with Crippen LogP contribution in [0.1, 0.15) is 52.9 Å². The van der Waals surface area contributed by atoms with Crippen molar-refractivity contribution in [2.24, 2.45) is 23.0 Å². The smallest absolute Gasteiger partial charge is 0.0936 e. The summed E-state index contributed by atoms with van der Waals surface area (Å²) in [5.41, 5.74) is 5.98. The van der Waals surface area contributed by atoms with Crippen LogP contribution in [0.15, 0.2) is 0 Å². The molecule has 0 amide bonds. The number of hydrogen-bond donors (Lipinski definition) is 2. The van der Waals surface area contributed by atoms with E-state index in [1.54, 1.807) is 0 Å². The second-order valence-corrected chi connectivity index (χ2v) is 5.94. The van der Waals surface area contributed by atoms with Crippen LogP contribution >= 0.6 is 0 Å². The number of rotatable bonds is 2. The van der Waals surface area contributed by atoms with Gasteiger partial charge in [0.1, 0.15) is 0 Å². The van der Waals surface area contributed by atoms with Gasteiger partial charge in [0.15, 0.2) is 0 Å². The predicted molar refractivity (Wildman–Crippen MR) is 61.4 cm³/mol. The summed E-state index contributed by atoms with van der Waals surface area (Å²) in [6.07, 6.45) is 6.12. The van der Waals surface area contributed by atoms with Crippen LogP contribution < -0.4 is 5.73 Å². The van der Waals surface area contributed by atoms with Gasteiger partial charge in [-0.25, -0.2) is 0 Å². The zero-order valence-electron chi connectivity index (χ0n) is 9.77. The molecule has 0 bridgehead atoms. The Hall–Kier alpha value is -0.530. The topological polar surface area (TPSA) is 49.9 Å². The van der Waals surface area contributed by atoms with E-state index in [0.29, 0.717) is 17.2 Å². The Morgan fingerprint density at radius 3 is 2.07 bits per heavy atom. The standard InChI is InChI=1S/C12H24N2/c1-12(2,3)8-9-4-6-10(7-5-9)11(13)14/h9-10H,4-8H2,1-3H3,(H3,13,14). The van der Waals surface area contributed by atoms with E-state index in [2.05, 4.69) is 20.8 Å². The minimum Gasteiger partial charge on any atom is -0.387 e. The number of amidine groups is 1. The van der Waals surface area contributed by atoms with Gasteiger partial charge in [0.05, 0.1) is 5.84 Å². The molecule has 0 radical (unpaired) electrons. The molecule has 0 atom stereocenters. The molecule has 1 rings (SSSR count).